The molecule has 5 heteroatoms. The van der Waals surface area contributed by atoms with Gasteiger partial charge in [-0.1, -0.05) is 20.8 Å². The molecule has 1 saturated heterocycles. The predicted molar refractivity (Wildman–Crippen MR) is 88.6 cm³/mol. The lowest BCUT2D eigenvalue weighted by molar-refractivity contribution is -0.132. The summed E-state index contributed by atoms with van der Waals surface area (Å²) in [5, 5.41) is 11.0. The van der Waals surface area contributed by atoms with Crippen molar-refractivity contribution in [3.63, 3.8) is 0 Å². The van der Waals surface area contributed by atoms with Gasteiger partial charge in [0.05, 0.1) is 0 Å². The Hall–Kier alpha value is -1.36. The zero-order chi connectivity index (χ0) is 16.1. The van der Waals surface area contributed by atoms with E-state index in [4.69, 9.17) is 0 Å². The van der Waals surface area contributed by atoms with Gasteiger partial charge in [0.2, 0.25) is 5.91 Å². The third kappa shape index (κ3) is 3.19. The summed E-state index contributed by atoms with van der Waals surface area (Å²) in [5.74, 6) is 0.123. The van der Waals surface area contributed by atoms with Crippen LogP contribution in [0.2, 0.25) is 0 Å². The van der Waals surface area contributed by atoms with Crippen molar-refractivity contribution in [2.45, 2.75) is 58.4 Å². The molecular weight excluding hydrogens is 276 g/mol. The van der Waals surface area contributed by atoms with Crippen molar-refractivity contribution >= 4 is 5.91 Å². The number of carbonyl (C=O) groups is 1. The molecule has 0 unspecified atom stereocenters. The zero-order valence-corrected chi connectivity index (χ0v) is 14.2. The van der Waals surface area contributed by atoms with Crippen LogP contribution < -0.4 is 10.6 Å². The molecule has 5 nitrogen and oxygen atoms in total. The fourth-order valence-corrected chi connectivity index (χ4v) is 3.48. The van der Waals surface area contributed by atoms with E-state index in [1.807, 2.05) is 16.9 Å². The minimum absolute atomic E-state index is 0.123. The molecule has 1 fully saturated rings. The second kappa shape index (κ2) is 7.27. The highest BCUT2D eigenvalue weighted by Gasteiger charge is 2.42. The van der Waals surface area contributed by atoms with E-state index in [-0.39, 0.29) is 11.3 Å². The number of piperidine rings is 1. The van der Waals surface area contributed by atoms with E-state index in [9.17, 15) is 4.79 Å². The highest BCUT2D eigenvalue weighted by Crippen LogP contribution is 2.31. The molecule has 124 valence electrons. The van der Waals surface area contributed by atoms with Crippen LogP contribution in [-0.2, 0) is 10.3 Å². The molecule has 2 heterocycles. The highest BCUT2D eigenvalue weighted by atomic mass is 16.2. The van der Waals surface area contributed by atoms with Gasteiger partial charge in [0.15, 0.2) is 0 Å². The van der Waals surface area contributed by atoms with E-state index in [1.165, 1.54) is 0 Å². The smallest absolute Gasteiger partial charge is 0.248 e. The Labute approximate surface area is 133 Å². The number of aromatic nitrogens is 2. The number of nitrogens with zero attached hydrogens (tertiary/aromatic N) is 2. The van der Waals surface area contributed by atoms with Crippen molar-refractivity contribution in [2.75, 3.05) is 19.6 Å². The van der Waals surface area contributed by atoms with Crippen molar-refractivity contribution in [3.8, 4) is 0 Å². The van der Waals surface area contributed by atoms with Crippen molar-refractivity contribution < 1.29 is 4.79 Å². The molecule has 1 aromatic heterocycles. The predicted octanol–water partition coefficient (Wildman–Crippen LogP) is 2.29. The molecule has 1 amide bonds. The normalized spacial score (nSPS) is 18.1. The fourth-order valence-electron chi connectivity index (χ4n) is 3.48. The van der Waals surface area contributed by atoms with Crippen LogP contribution in [0.25, 0.3) is 0 Å². The number of hydrogen-bond acceptors (Lipinski definition) is 3. The van der Waals surface area contributed by atoms with Crippen LogP contribution in [0.5, 0.6) is 0 Å². The van der Waals surface area contributed by atoms with Gasteiger partial charge in [-0.15, -0.1) is 0 Å². The molecule has 0 aromatic carbocycles. The Bertz CT molecular complexity index is 451. The van der Waals surface area contributed by atoms with Gasteiger partial charge < -0.3 is 10.6 Å². The second-order valence-electron chi connectivity index (χ2n) is 6.48. The maximum Gasteiger partial charge on any atom is 0.248 e. The minimum atomic E-state index is -0.532. The maximum atomic E-state index is 13.0. The molecule has 1 aliphatic heterocycles. The zero-order valence-electron chi connectivity index (χ0n) is 14.2. The molecule has 1 aromatic rings. The third-order valence-corrected chi connectivity index (χ3v) is 5.67. The van der Waals surface area contributed by atoms with Gasteiger partial charge in [-0.05, 0) is 56.7 Å². The lowest BCUT2D eigenvalue weighted by Gasteiger charge is -2.38. The third-order valence-electron chi connectivity index (χ3n) is 5.67. The van der Waals surface area contributed by atoms with Crippen molar-refractivity contribution in [3.05, 3.63) is 18.5 Å². The van der Waals surface area contributed by atoms with E-state index in [0.717, 1.165) is 51.7 Å². The summed E-state index contributed by atoms with van der Waals surface area (Å²) in [5.41, 5.74) is -0.316. The van der Waals surface area contributed by atoms with Crippen LogP contribution in [0.1, 0.15) is 52.9 Å². The first-order chi connectivity index (χ1) is 10.6. The minimum Gasteiger partial charge on any atom is -0.353 e. The Balaban J connectivity index is 2.14. The van der Waals surface area contributed by atoms with Crippen LogP contribution in [0, 0.1) is 5.41 Å². The number of rotatable bonds is 7. The lowest BCUT2D eigenvalue weighted by atomic mass is 9.79. The van der Waals surface area contributed by atoms with Gasteiger partial charge in [0.25, 0.3) is 0 Å². The Kier molecular flexibility index (Phi) is 5.62. The van der Waals surface area contributed by atoms with Gasteiger partial charge in [-0.2, -0.15) is 5.10 Å². The largest absolute Gasteiger partial charge is 0.353 e. The van der Waals surface area contributed by atoms with Crippen LogP contribution in [0.4, 0.5) is 0 Å². The summed E-state index contributed by atoms with van der Waals surface area (Å²) in [6.07, 6.45) is 8.53. The van der Waals surface area contributed by atoms with Gasteiger partial charge in [0, 0.05) is 18.9 Å². The molecule has 22 heavy (non-hydrogen) atoms. The standard InChI is InChI=1S/C17H30N4O/c1-4-16(5-2,6-3)14-19-15(22)17(8-11-18-12-9-17)21-13-7-10-20-21/h7,10,13,18H,4-6,8-9,11-12,14H2,1-3H3,(H,19,22). The average molecular weight is 306 g/mol. The molecule has 0 atom stereocenters. The van der Waals surface area contributed by atoms with Crippen molar-refractivity contribution in [1.82, 2.24) is 20.4 Å². The van der Waals surface area contributed by atoms with Crippen molar-refractivity contribution in [1.29, 1.82) is 0 Å². The maximum absolute atomic E-state index is 13.0. The number of hydrogen-bond donors (Lipinski definition) is 2. The highest BCUT2D eigenvalue weighted by molar-refractivity contribution is 5.84. The Morgan fingerprint density at radius 3 is 2.41 bits per heavy atom. The van der Waals surface area contributed by atoms with E-state index < -0.39 is 5.54 Å². The lowest BCUT2D eigenvalue weighted by Crippen LogP contribution is -2.55. The monoisotopic (exact) mass is 306 g/mol. The van der Waals surface area contributed by atoms with Crippen LogP contribution >= 0.6 is 0 Å². The first-order valence-corrected chi connectivity index (χ1v) is 8.61. The quantitative estimate of drug-likeness (QED) is 0.812. The van der Waals surface area contributed by atoms with E-state index in [1.54, 1.807) is 6.20 Å². The molecule has 2 N–H and O–H groups in total. The van der Waals surface area contributed by atoms with Crippen LogP contribution in [0.3, 0.4) is 0 Å². The van der Waals surface area contributed by atoms with Gasteiger partial charge in [-0.3, -0.25) is 9.48 Å². The topological polar surface area (TPSA) is 59.0 Å². The number of carbonyl (C=O) groups excluding carboxylic acids is 1. The summed E-state index contributed by atoms with van der Waals surface area (Å²) in [6, 6.07) is 1.89. The van der Waals surface area contributed by atoms with Crippen LogP contribution in [-0.4, -0.2) is 35.3 Å². The van der Waals surface area contributed by atoms with E-state index >= 15 is 0 Å². The summed E-state index contributed by atoms with van der Waals surface area (Å²) < 4.78 is 1.86. The average Bonchev–Trinajstić information content (AvgIpc) is 3.12. The molecule has 2 rings (SSSR count). The summed E-state index contributed by atoms with van der Waals surface area (Å²) in [6.45, 7) is 9.11. The Morgan fingerprint density at radius 1 is 1.27 bits per heavy atom. The Morgan fingerprint density at radius 2 is 1.91 bits per heavy atom. The van der Waals surface area contributed by atoms with Crippen molar-refractivity contribution in [2.24, 2.45) is 5.41 Å². The number of nitrogens with one attached hydrogen (secondary N) is 2. The van der Waals surface area contributed by atoms with Crippen LogP contribution in [0.15, 0.2) is 18.5 Å². The molecule has 0 bridgehead atoms. The fraction of sp³-hybridized carbons (Fsp3) is 0.765. The first-order valence-electron chi connectivity index (χ1n) is 8.61. The molecular formula is C17H30N4O. The SMILES string of the molecule is CCC(CC)(CC)CNC(=O)C1(n2cccn2)CCNCC1. The summed E-state index contributed by atoms with van der Waals surface area (Å²) in [4.78, 5) is 13.0. The first kappa shape index (κ1) is 17.0. The molecule has 0 spiro atoms. The van der Waals surface area contributed by atoms with Gasteiger partial charge >= 0.3 is 0 Å². The molecule has 0 aliphatic carbocycles. The molecule has 0 radical (unpaired) electrons. The molecule has 0 saturated carbocycles. The van der Waals surface area contributed by atoms with E-state index in [2.05, 4.69) is 36.5 Å². The van der Waals surface area contributed by atoms with E-state index in [0.29, 0.717) is 0 Å². The second-order valence-corrected chi connectivity index (χ2v) is 6.48. The summed E-state index contributed by atoms with van der Waals surface area (Å²) >= 11 is 0. The molecule has 1 aliphatic rings. The van der Waals surface area contributed by atoms with Gasteiger partial charge in [0.1, 0.15) is 5.54 Å². The van der Waals surface area contributed by atoms with Gasteiger partial charge in [-0.25, -0.2) is 0 Å². The summed E-state index contributed by atoms with van der Waals surface area (Å²) in [7, 11) is 0. The number of amides is 1.